The molecule has 0 aliphatic heterocycles. The molecule has 0 unspecified atom stereocenters. The summed E-state index contributed by atoms with van der Waals surface area (Å²) in [5.74, 6) is 1.74. The van der Waals surface area contributed by atoms with Gasteiger partial charge in [-0.25, -0.2) is 0 Å². The molecule has 0 aromatic carbocycles. The van der Waals surface area contributed by atoms with Crippen molar-refractivity contribution in [1.29, 1.82) is 0 Å². The summed E-state index contributed by atoms with van der Waals surface area (Å²) in [6.45, 7) is 0. The molecule has 2 aliphatic carbocycles. The fraction of sp³-hybridized carbons (Fsp3) is 0.667. The lowest BCUT2D eigenvalue weighted by Gasteiger charge is -2.23. The van der Waals surface area contributed by atoms with Crippen molar-refractivity contribution in [2.24, 2.45) is 5.92 Å². The maximum Gasteiger partial charge on any atom is 0.140 e. The molecule has 2 aliphatic rings. The number of aromatic nitrogens is 1. The van der Waals surface area contributed by atoms with Gasteiger partial charge in [-0.3, -0.25) is 0 Å². The molecule has 2 bridgehead atoms. The summed E-state index contributed by atoms with van der Waals surface area (Å²) < 4.78 is 5.12. The van der Waals surface area contributed by atoms with Gasteiger partial charge in [0, 0.05) is 17.9 Å². The second-order valence-corrected chi connectivity index (χ2v) is 3.84. The highest BCUT2D eigenvalue weighted by Gasteiger charge is 2.42. The molecule has 64 valence electrons. The van der Waals surface area contributed by atoms with E-state index in [4.69, 9.17) is 4.52 Å². The Morgan fingerprint density at radius 3 is 3.33 bits per heavy atom. The van der Waals surface area contributed by atoms with E-state index in [0.717, 1.165) is 30.6 Å². The van der Waals surface area contributed by atoms with Crippen LogP contribution in [-0.2, 0) is 6.42 Å². The summed E-state index contributed by atoms with van der Waals surface area (Å²) in [6, 6.07) is 0. The minimum Gasteiger partial charge on any atom is -0.392 e. The van der Waals surface area contributed by atoms with Gasteiger partial charge in [0.1, 0.15) is 5.76 Å². The molecule has 3 heteroatoms. The van der Waals surface area contributed by atoms with E-state index in [1.165, 1.54) is 0 Å². The summed E-state index contributed by atoms with van der Waals surface area (Å²) in [5, 5.41) is 13.6. The Balaban J connectivity index is 2.12. The van der Waals surface area contributed by atoms with Crippen LogP contribution in [0.4, 0.5) is 0 Å². The lowest BCUT2D eigenvalue weighted by atomic mass is 9.85. The molecule has 0 radical (unpaired) electrons. The van der Waals surface area contributed by atoms with Crippen molar-refractivity contribution in [3.05, 3.63) is 17.5 Å². The largest absolute Gasteiger partial charge is 0.392 e. The van der Waals surface area contributed by atoms with Crippen LogP contribution >= 0.6 is 0 Å². The Kier molecular flexibility index (Phi) is 1.17. The summed E-state index contributed by atoms with van der Waals surface area (Å²) in [4.78, 5) is 0. The summed E-state index contributed by atoms with van der Waals surface area (Å²) >= 11 is 0. The van der Waals surface area contributed by atoms with Crippen LogP contribution in [0.25, 0.3) is 0 Å². The van der Waals surface area contributed by atoms with Gasteiger partial charge in [0.25, 0.3) is 0 Å². The summed E-state index contributed by atoms with van der Waals surface area (Å²) in [7, 11) is 0. The Morgan fingerprint density at radius 1 is 1.50 bits per heavy atom. The average molecular weight is 165 g/mol. The lowest BCUT2D eigenvalue weighted by Crippen LogP contribution is -2.26. The predicted molar refractivity (Wildman–Crippen MR) is 41.7 cm³/mol. The molecule has 1 saturated carbocycles. The van der Waals surface area contributed by atoms with Crippen LogP contribution in [0.3, 0.4) is 0 Å². The van der Waals surface area contributed by atoms with E-state index in [1.807, 2.05) is 0 Å². The number of rotatable bonds is 0. The normalized spacial score (nSPS) is 38.2. The molecule has 0 amide bonds. The first-order valence-corrected chi connectivity index (χ1v) is 4.48. The molecule has 0 saturated heterocycles. The molecule has 12 heavy (non-hydrogen) atoms. The Morgan fingerprint density at radius 2 is 2.42 bits per heavy atom. The van der Waals surface area contributed by atoms with Crippen LogP contribution in [0, 0.1) is 5.92 Å². The molecule has 3 atom stereocenters. The van der Waals surface area contributed by atoms with Gasteiger partial charge in [-0.05, 0) is 18.8 Å². The zero-order valence-corrected chi connectivity index (χ0v) is 6.73. The van der Waals surface area contributed by atoms with Crippen LogP contribution in [0.2, 0.25) is 0 Å². The van der Waals surface area contributed by atoms with Gasteiger partial charge in [0.05, 0.1) is 12.3 Å². The molecular formula is C9H11NO2. The highest BCUT2D eigenvalue weighted by Crippen LogP contribution is 2.45. The molecule has 3 rings (SSSR count). The van der Waals surface area contributed by atoms with Crippen LogP contribution in [0.15, 0.2) is 10.7 Å². The van der Waals surface area contributed by atoms with Gasteiger partial charge in [0.15, 0.2) is 0 Å². The van der Waals surface area contributed by atoms with Gasteiger partial charge in [-0.1, -0.05) is 5.16 Å². The van der Waals surface area contributed by atoms with E-state index in [-0.39, 0.29) is 6.10 Å². The van der Waals surface area contributed by atoms with Gasteiger partial charge >= 0.3 is 0 Å². The number of aliphatic hydroxyl groups excluding tert-OH is 1. The SMILES string of the molecule is O[C@H]1[C@H]2CC[C@H]1c1cnoc1C2. The van der Waals surface area contributed by atoms with Crippen molar-refractivity contribution in [3.8, 4) is 0 Å². The smallest absolute Gasteiger partial charge is 0.140 e. The maximum atomic E-state index is 9.80. The Bertz CT molecular complexity index is 307. The zero-order chi connectivity index (χ0) is 8.13. The third kappa shape index (κ3) is 0.672. The van der Waals surface area contributed by atoms with Crippen LogP contribution in [0.5, 0.6) is 0 Å². The van der Waals surface area contributed by atoms with Crippen molar-refractivity contribution in [1.82, 2.24) is 5.16 Å². The summed E-state index contributed by atoms with van der Waals surface area (Å²) in [5.41, 5.74) is 1.15. The predicted octanol–water partition coefficient (Wildman–Crippen LogP) is 1.09. The van der Waals surface area contributed by atoms with Crippen molar-refractivity contribution in [2.45, 2.75) is 31.3 Å². The standard InChI is InChI=1S/C9H11NO2/c11-9-5-1-2-6(9)7-4-10-12-8(7)3-5/h4-6,9,11H,1-3H2/t5-,6-,9-/m0/s1. The fourth-order valence-electron chi connectivity index (χ4n) is 2.59. The molecule has 1 aromatic rings. The second-order valence-electron chi connectivity index (χ2n) is 3.84. The van der Waals surface area contributed by atoms with Gasteiger partial charge < -0.3 is 9.63 Å². The van der Waals surface area contributed by atoms with E-state index in [2.05, 4.69) is 5.16 Å². The first-order chi connectivity index (χ1) is 5.86. The first-order valence-electron chi connectivity index (χ1n) is 4.48. The van der Waals surface area contributed by atoms with E-state index < -0.39 is 0 Å². The molecule has 1 heterocycles. The zero-order valence-electron chi connectivity index (χ0n) is 6.73. The molecular weight excluding hydrogens is 154 g/mol. The number of fused-ring (bicyclic) bond motifs is 4. The highest BCUT2D eigenvalue weighted by atomic mass is 16.5. The van der Waals surface area contributed by atoms with Gasteiger partial charge in [-0.15, -0.1) is 0 Å². The van der Waals surface area contributed by atoms with Crippen LogP contribution < -0.4 is 0 Å². The second kappa shape index (κ2) is 2.10. The van der Waals surface area contributed by atoms with E-state index in [9.17, 15) is 5.11 Å². The number of hydrogen-bond acceptors (Lipinski definition) is 3. The Labute approximate surface area is 70.4 Å². The number of aliphatic hydroxyl groups is 1. The van der Waals surface area contributed by atoms with Crippen molar-refractivity contribution in [3.63, 3.8) is 0 Å². The van der Waals surface area contributed by atoms with E-state index >= 15 is 0 Å². The number of nitrogens with zero attached hydrogens (tertiary/aromatic N) is 1. The third-order valence-electron chi connectivity index (χ3n) is 3.27. The van der Waals surface area contributed by atoms with Crippen molar-refractivity contribution < 1.29 is 9.63 Å². The first kappa shape index (κ1) is 6.66. The van der Waals surface area contributed by atoms with Crippen LogP contribution in [-0.4, -0.2) is 16.4 Å². The monoisotopic (exact) mass is 165 g/mol. The van der Waals surface area contributed by atoms with Gasteiger partial charge in [0.2, 0.25) is 0 Å². The fourth-order valence-corrected chi connectivity index (χ4v) is 2.59. The molecule has 3 nitrogen and oxygen atoms in total. The van der Waals surface area contributed by atoms with Gasteiger partial charge in [-0.2, -0.15) is 0 Å². The third-order valence-corrected chi connectivity index (χ3v) is 3.27. The van der Waals surface area contributed by atoms with Crippen molar-refractivity contribution >= 4 is 0 Å². The highest BCUT2D eigenvalue weighted by molar-refractivity contribution is 5.27. The molecule has 1 aromatic heterocycles. The maximum absolute atomic E-state index is 9.80. The Hall–Kier alpha value is -0.830. The van der Waals surface area contributed by atoms with Crippen molar-refractivity contribution in [2.75, 3.05) is 0 Å². The lowest BCUT2D eigenvalue weighted by molar-refractivity contribution is 0.103. The minimum absolute atomic E-state index is 0.142. The minimum atomic E-state index is -0.142. The summed E-state index contributed by atoms with van der Waals surface area (Å²) in [6.07, 6.45) is 4.74. The van der Waals surface area contributed by atoms with E-state index in [0.29, 0.717) is 11.8 Å². The molecule has 1 N–H and O–H groups in total. The quantitative estimate of drug-likeness (QED) is 0.625. The number of hydrogen-bond donors (Lipinski definition) is 1. The van der Waals surface area contributed by atoms with E-state index in [1.54, 1.807) is 6.20 Å². The topological polar surface area (TPSA) is 46.3 Å². The molecule has 1 fully saturated rings. The molecule has 0 spiro atoms. The average Bonchev–Trinajstić information content (AvgIpc) is 2.59. The van der Waals surface area contributed by atoms with Crippen LogP contribution in [0.1, 0.15) is 30.1 Å².